The summed E-state index contributed by atoms with van der Waals surface area (Å²) in [7, 11) is 0. The number of carbonyl (C=O) groups excluding carboxylic acids is 2. The van der Waals surface area contributed by atoms with E-state index in [1.54, 1.807) is 23.4 Å². The van der Waals surface area contributed by atoms with Crippen molar-refractivity contribution in [3.8, 4) is 0 Å². The quantitative estimate of drug-likeness (QED) is 0.788. The van der Waals surface area contributed by atoms with Gasteiger partial charge >= 0.3 is 6.09 Å². The van der Waals surface area contributed by atoms with Gasteiger partial charge in [-0.25, -0.2) is 9.78 Å². The molecule has 3 heterocycles. The van der Waals surface area contributed by atoms with Crippen LogP contribution in [0.1, 0.15) is 44.1 Å². The number of hydrogen-bond acceptors (Lipinski definition) is 6. The molecule has 0 aromatic carbocycles. The zero-order valence-corrected chi connectivity index (χ0v) is 16.8. The molecule has 2 aromatic heterocycles. The minimum absolute atomic E-state index is 0.0108. The predicted octanol–water partition coefficient (Wildman–Crippen LogP) is 4.15. The molecule has 0 aliphatic carbocycles. The van der Waals surface area contributed by atoms with Crippen molar-refractivity contribution in [2.75, 3.05) is 18.8 Å². The summed E-state index contributed by atoms with van der Waals surface area (Å²) in [6.07, 6.45) is 4.93. The summed E-state index contributed by atoms with van der Waals surface area (Å²) in [6, 6.07) is 5.44. The molecule has 1 amide bonds. The molecule has 0 N–H and O–H groups in total. The van der Waals surface area contributed by atoms with Gasteiger partial charge in [-0.3, -0.25) is 9.78 Å². The molecule has 3 rings (SSSR count). The molecule has 0 saturated carbocycles. The fourth-order valence-corrected chi connectivity index (χ4v) is 3.94. The second-order valence-corrected chi connectivity index (χ2v) is 8.77. The first kappa shape index (κ1) is 19.6. The molecule has 0 radical (unpaired) electrons. The predicted molar refractivity (Wildman–Crippen MR) is 107 cm³/mol. The summed E-state index contributed by atoms with van der Waals surface area (Å²) < 4.78 is 5.42. The van der Waals surface area contributed by atoms with Crippen LogP contribution in [0.3, 0.4) is 0 Å². The molecule has 1 fully saturated rings. The van der Waals surface area contributed by atoms with Crippen LogP contribution >= 0.6 is 11.8 Å². The number of nitrogens with zero attached hydrogens (tertiary/aromatic N) is 3. The molecule has 0 atom stereocenters. The van der Waals surface area contributed by atoms with Gasteiger partial charge in [0.15, 0.2) is 0 Å². The molecular weight excluding hydrogens is 362 g/mol. The Morgan fingerprint density at radius 3 is 2.67 bits per heavy atom. The Hall–Kier alpha value is -2.15. The third kappa shape index (κ3) is 5.42. The first-order valence-electron chi connectivity index (χ1n) is 9.18. The van der Waals surface area contributed by atoms with Gasteiger partial charge in [-0.05, 0) is 57.7 Å². The van der Waals surface area contributed by atoms with Gasteiger partial charge in [0.2, 0.25) is 5.12 Å². The number of fused-ring (bicyclic) bond motifs is 1. The number of pyridine rings is 2. The van der Waals surface area contributed by atoms with Crippen molar-refractivity contribution in [2.45, 2.75) is 39.2 Å². The Morgan fingerprint density at radius 2 is 1.96 bits per heavy atom. The van der Waals surface area contributed by atoms with Gasteiger partial charge < -0.3 is 9.64 Å². The third-order valence-corrected chi connectivity index (χ3v) is 5.52. The van der Waals surface area contributed by atoms with Crippen LogP contribution in [0.5, 0.6) is 0 Å². The van der Waals surface area contributed by atoms with Crippen LogP contribution < -0.4 is 0 Å². The van der Waals surface area contributed by atoms with E-state index in [0.717, 1.165) is 29.5 Å². The fraction of sp³-hybridized carbons (Fsp3) is 0.500. The average molecular weight is 388 g/mol. The number of aromatic nitrogens is 2. The molecule has 1 aliphatic rings. The van der Waals surface area contributed by atoms with E-state index in [2.05, 4.69) is 9.97 Å². The van der Waals surface area contributed by atoms with Gasteiger partial charge in [0.1, 0.15) is 11.3 Å². The molecule has 1 saturated heterocycles. The molecule has 7 heteroatoms. The van der Waals surface area contributed by atoms with E-state index in [9.17, 15) is 9.59 Å². The van der Waals surface area contributed by atoms with E-state index in [0.29, 0.717) is 24.7 Å². The summed E-state index contributed by atoms with van der Waals surface area (Å²) in [5.74, 6) is 1.17. The smallest absolute Gasteiger partial charge is 0.410 e. The number of likely N-dealkylation sites (tertiary alicyclic amines) is 1. The minimum Gasteiger partial charge on any atom is -0.444 e. The van der Waals surface area contributed by atoms with Crippen LogP contribution in [0.15, 0.2) is 30.6 Å². The molecule has 1 aliphatic heterocycles. The summed E-state index contributed by atoms with van der Waals surface area (Å²) in [6.45, 7) is 6.97. The average Bonchev–Trinajstić information content (AvgIpc) is 2.64. The number of amides is 1. The Kier molecular flexibility index (Phi) is 5.99. The van der Waals surface area contributed by atoms with E-state index >= 15 is 0 Å². The second-order valence-electron chi connectivity index (χ2n) is 7.77. The van der Waals surface area contributed by atoms with Crippen molar-refractivity contribution in [1.82, 2.24) is 14.9 Å². The fourth-order valence-electron chi connectivity index (χ4n) is 2.96. The lowest BCUT2D eigenvalue weighted by Gasteiger charge is -2.33. The Bertz CT molecular complexity index is 827. The number of ether oxygens (including phenoxy) is 1. The van der Waals surface area contributed by atoms with Gasteiger partial charge in [0, 0.05) is 36.6 Å². The summed E-state index contributed by atoms with van der Waals surface area (Å²) in [5.41, 5.74) is 0.783. The van der Waals surface area contributed by atoms with E-state index in [4.69, 9.17) is 4.74 Å². The highest BCUT2D eigenvalue weighted by molar-refractivity contribution is 8.14. The molecule has 6 nitrogen and oxygen atoms in total. The molecule has 0 spiro atoms. The lowest BCUT2D eigenvalue weighted by atomic mass is 9.99. The Labute approximate surface area is 163 Å². The first-order valence-corrected chi connectivity index (χ1v) is 10.2. The van der Waals surface area contributed by atoms with Crippen molar-refractivity contribution in [3.05, 3.63) is 36.3 Å². The maximum Gasteiger partial charge on any atom is 0.410 e. The lowest BCUT2D eigenvalue weighted by molar-refractivity contribution is 0.0191. The van der Waals surface area contributed by atoms with Gasteiger partial charge in [0.05, 0.1) is 5.52 Å². The zero-order valence-electron chi connectivity index (χ0n) is 16.0. The number of thioether (sulfide) groups is 1. The Morgan fingerprint density at radius 1 is 1.22 bits per heavy atom. The number of carbonyl (C=O) groups is 2. The zero-order chi connectivity index (χ0) is 19.4. The Balaban J connectivity index is 1.48. The van der Waals surface area contributed by atoms with Crippen molar-refractivity contribution in [2.24, 2.45) is 5.92 Å². The number of rotatable bonds is 3. The van der Waals surface area contributed by atoms with Gasteiger partial charge in [-0.15, -0.1) is 0 Å². The van der Waals surface area contributed by atoms with E-state index < -0.39 is 5.60 Å². The van der Waals surface area contributed by atoms with Crippen LogP contribution in [0.2, 0.25) is 0 Å². The molecule has 2 aromatic rings. The maximum absolute atomic E-state index is 12.5. The van der Waals surface area contributed by atoms with Crippen LogP contribution in [0.25, 0.3) is 10.9 Å². The maximum atomic E-state index is 12.5. The summed E-state index contributed by atoms with van der Waals surface area (Å²) >= 11 is 1.31. The van der Waals surface area contributed by atoms with E-state index in [1.165, 1.54) is 11.8 Å². The normalized spacial score (nSPS) is 15.7. The number of hydrogen-bond donors (Lipinski definition) is 0. The van der Waals surface area contributed by atoms with Gasteiger partial charge in [-0.1, -0.05) is 11.8 Å². The lowest BCUT2D eigenvalue weighted by Crippen LogP contribution is -2.42. The minimum atomic E-state index is -0.473. The van der Waals surface area contributed by atoms with Gasteiger partial charge in [0.25, 0.3) is 0 Å². The van der Waals surface area contributed by atoms with Crippen molar-refractivity contribution in [1.29, 1.82) is 0 Å². The molecular formula is C20H25N3O3S. The molecule has 0 unspecified atom stereocenters. The monoisotopic (exact) mass is 387 g/mol. The first-order chi connectivity index (χ1) is 12.8. The van der Waals surface area contributed by atoms with Crippen molar-refractivity contribution < 1.29 is 14.3 Å². The van der Waals surface area contributed by atoms with Crippen LogP contribution in [0, 0.1) is 5.92 Å². The molecule has 144 valence electrons. The van der Waals surface area contributed by atoms with E-state index in [-0.39, 0.29) is 11.2 Å². The topological polar surface area (TPSA) is 72.4 Å². The number of piperidine rings is 1. The van der Waals surface area contributed by atoms with Crippen LogP contribution in [-0.2, 0) is 4.74 Å². The highest BCUT2D eigenvalue weighted by Crippen LogP contribution is 2.25. The largest absolute Gasteiger partial charge is 0.444 e. The third-order valence-electron chi connectivity index (χ3n) is 4.42. The van der Waals surface area contributed by atoms with Gasteiger partial charge in [-0.2, -0.15) is 0 Å². The van der Waals surface area contributed by atoms with E-state index in [1.807, 2.05) is 32.9 Å². The van der Waals surface area contributed by atoms with Crippen molar-refractivity contribution in [3.63, 3.8) is 0 Å². The highest BCUT2D eigenvalue weighted by Gasteiger charge is 2.27. The van der Waals surface area contributed by atoms with Crippen molar-refractivity contribution >= 4 is 33.9 Å². The summed E-state index contributed by atoms with van der Waals surface area (Å²) in [5, 5.41) is 0.914. The highest BCUT2D eigenvalue weighted by atomic mass is 32.2. The van der Waals surface area contributed by atoms with Crippen LogP contribution in [0.4, 0.5) is 4.79 Å². The standard InChI is InChI=1S/C20H25N3O3S/c1-20(2,3)26-19(25)23-10-7-14(8-11-23)13-27-18(24)17-5-4-15-12-21-9-6-16(15)22-17/h4-6,9,12,14H,7-8,10-11,13H2,1-3H3. The summed E-state index contributed by atoms with van der Waals surface area (Å²) in [4.78, 5) is 34.8. The SMILES string of the molecule is CC(C)(C)OC(=O)N1CCC(CSC(=O)c2ccc3cnccc3n2)CC1. The van der Waals surface area contributed by atoms with Crippen LogP contribution in [-0.4, -0.2) is 50.5 Å². The molecule has 27 heavy (non-hydrogen) atoms. The molecule has 0 bridgehead atoms. The second kappa shape index (κ2) is 8.25.